The van der Waals surface area contributed by atoms with E-state index in [4.69, 9.17) is 19.5 Å². The van der Waals surface area contributed by atoms with Crippen molar-refractivity contribution < 1.29 is 19.4 Å². The summed E-state index contributed by atoms with van der Waals surface area (Å²) >= 11 is 0. The molecule has 0 amide bonds. The third kappa shape index (κ3) is 6.65. The SMILES string of the molecule is Cc1c(Nc2nccc3cc(CNCCO)cnc23)cccc1-c1cccc(-c2nc3cc(CN4CC[C@@](C)(C(=O)O)C4)cc(C#N)c3o2)c1C. The number of nitriles is 1. The largest absolute Gasteiger partial charge is 0.481 e. The van der Waals surface area contributed by atoms with E-state index in [1.807, 2.05) is 55.6 Å². The molecule has 11 nitrogen and oxygen atoms in total. The number of oxazole rings is 1. The number of aliphatic hydroxyl groups excluding tert-OH is 1. The number of fused-ring (bicyclic) bond motifs is 2. The summed E-state index contributed by atoms with van der Waals surface area (Å²) in [5.41, 5.74) is 9.16. The second-order valence-corrected chi connectivity index (χ2v) is 13.5. The Kier molecular flexibility index (Phi) is 9.23. The Morgan fingerprint density at radius 2 is 1.82 bits per heavy atom. The number of aliphatic hydroxyl groups is 1. The fourth-order valence-corrected chi connectivity index (χ4v) is 6.96. The van der Waals surface area contributed by atoms with Gasteiger partial charge >= 0.3 is 5.97 Å². The number of anilines is 2. The number of hydrogen-bond donors (Lipinski definition) is 4. The molecule has 0 spiro atoms. The van der Waals surface area contributed by atoms with Crippen LogP contribution >= 0.6 is 0 Å². The first kappa shape index (κ1) is 33.8. The number of nitrogens with one attached hydrogen (secondary N) is 2. The van der Waals surface area contributed by atoms with Gasteiger partial charge in [0.1, 0.15) is 17.1 Å². The van der Waals surface area contributed by atoms with Crippen molar-refractivity contribution in [2.45, 2.75) is 40.3 Å². The second kappa shape index (κ2) is 13.9. The Morgan fingerprint density at radius 3 is 2.59 bits per heavy atom. The molecule has 4 N–H and O–H groups in total. The molecule has 0 saturated carbocycles. The summed E-state index contributed by atoms with van der Waals surface area (Å²) in [7, 11) is 0. The average Bonchev–Trinajstić information content (AvgIpc) is 3.73. The fraction of sp³-hybridized carbons (Fsp3) is 0.275. The number of aromatic nitrogens is 3. The monoisotopic (exact) mass is 681 g/mol. The predicted molar refractivity (Wildman–Crippen MR) is 196 cm³/mol. The smallest absolute Gasteiger partial charge is 0.310 e. The Morgan fingerprint density at radius 1 is 1.04 bits per heavy atom. The van der Waals surface area contributed by atoms with Crippen LogP contribution in [0.1, 0.15) is 41.2 Å². The molecule has 6 aromatic rings. The van der Waals surface area contributed by atoms with Crippen LogP contribution in [0.4, 0.5) is 11.5 Å². The van der Waals surface area contributed by atoms with Crippen LogP contribution in [0.25, 0.3) is 44.6 Å². The summed E-state index contributed by atoms with van der Waals surface area (Å²) < 4.78 is 6.28. The zero-order valence-corrected chi connectivity index (χ0v) is 28.8. The Bertz CT molecular complexity index is 2330. The standard InChI is InChI=1S/C40H39N7O4/c1-24-30(31-7-5-9-33(25(31)2)45-37-35-28(10-12-43-37)17-27(21-44-35)20-42-13-15-48)6-4-8-32(24)38-46-34-18-26(16-29(19-41)36(34)51-38)22-47-14-11-40(3,23-47)39(49)50/h4-10,12,16-18,21,42,48H,11,13-15,20,22-23H2,1-3H3,(H,43,45)(H,49,50)/t40-/m1/s1. The molecule has 1 fully saturated rings. The van der Waals surface area contributed by atoms with Crippen molar-refractivity contribution in [2.24, 2.45) is 5.41 Å². The molecular weight excluding hydrogens is 642 g/mol. The number of likely N-dealkylation sites (tertiary alicyclic amines) is 1. The van der Waals surface area contributed by atoms with Crippen LogP contribution in [-0.2, 0) is 17.9 Å². The second-order valence-electron chi connectivity index (χ2n) is 13.5. The minimum atomic E-state index is -0.784. The van der Waals surface area contributed by atoms with E-state index >= 15 is 0 Å². The maximum absolute atomic E-state index is 11.8. The highest BCUT2D eigenvalue weighted by Gasteiger charge is 2.40. The fourth-order valence-electron chi connectivity index (χ4n) is 6.96. The van der Waals surface area contributed by atoms with Crippen LogP contribution in [0, 0.1) is 30.6 Å². The number of aliphatic carboxylic acids is 1. The van der Waals surface area contributed by atoms with Crippen LogP contribution in [0.2, 0.25) is 0 Å². The van der Waals surface area contributed by atoms with Crippen molar-refractivity contribution in [3.8, 4) is 28.7 Å². The van der Waals surface area contributed by atoms with Gasteiger partial charge in [0.15, 0.2) is 11.4 Å². The van der Waals surface area contributed by atoms with Gasteiger partial charge in [-0.15, -0.1) is 0 Å². The number of carbonyl (C=O) groups is 1. The summed E-state index contributed by atoms with van der Waals surface area (Å²) in [5, 5.41) is 36.4. The van der Waals surface area contributed by atoms with Gasteiger partial charge < -0.3 is 25.3 Å². The molecule has 7 rings (SSSR count). The molecule has 258 valence electrons. The van der Waals surface area contributed by atoms with Crippen LogP contribution < -0.4 is 10.6 Å². The topological polar surface area (TPSA) is 160 Å². The van der Waals surface area contributed by atoms with E-state index in [1.54, 1.807) is 13.1 Å². The molecule has 0 aliphatic carbocycles. The van der Waals surface area contributed by atoms with Gasteiger partial charge in [-0.25, -0.2) is 9.97 Å². The van der Waals surface area contributed by atoms with Gasteiger partial charge in [-0.1, -0.05) is 24.3 Å². The Hall–Kier alpha value is -5.67. The van der Waals surface area contributed by atoms with E-state index in [-0.39, 0.29) is 6.61 Å². The lowest BCUT2D eigenvalue weighted by Crippen LogP contribution is -2.31. The molecule has 0 unspecified atom stereocenters. The maximum atomic E-state index is 11.8. The third-order valence-corrected chi connectivity index (χ3v) is 9.86. The van der Waals surface area contributed by atoms with E-state index in [0.717, 1.165) is 55.5 Å². The first-order chi connectivity index (χ1) is 24.7. The van der Waals surface area contributed by atoms with Gasteiger partial charge in [-0.3, -0.25) is 14.7 Å². The Labute approximate surface area is 295 Å². The summed E-state index contributed by atoms with van der Waals surface area (Å²) in [6.07, 6.45) is 4.18. The van der Waals surface area contributed by atoms with Crippen LogP contribution in [-0.4, -0.2) is 62.3 Å². The number of nitrogens with zero attached hydrogens (tertiary/aromatic N) is 5. The van der Waals surface area contributed by atoms with Crippen molar-refractivity contribution in [1.82, 2.24) is 25.2 Å². The van der Waals surface area contributed by atoms with Crippen LogP contribution in [0.3, 0.4) is 0 Å². The molecular formula is C40H39N7O4. The Balaban J connectivity index is 1.17. The summed E-state index contributed by atoms with van der Waals surface area (Å²) in [6, 6.07) is 22.2. The van der Waals surface area contributed by atoms with Gasteiger partial charge in [-0.05, 0) is 104 Å². The quantitative estimate of drug-likeness (QED) is 0.108. The van der Waals surface area contributed by atoms with Gasteiger partial charge in [0.05, 0.1) is 17.6 Å². The molecule has 4 heterocycles. The zero-order valence-electron chi connectivity index (χ0n) is 28.8. The molecule has 1 aliphatic rings. The number of hydrogen-bond acceptors (Lipinski definition) is 10. The van der Waals surface area contributed by atoms with Gasteiger partial charge in [-0.2, -0.15) is 5.26 Å². The third-order valence-electron chi connectivity index (χ3n) is 9.86. The number of benzene rings is 3. The first-order valence-electron chi connectivity index (χ1n) is 17.0. The van der Waals surface area contributed by atoms with Crippen LogP contribution in [0.5, 0.6) is 0 Å². The first-order valence-corrected chi connectivity index (χ1v) is 17.0. The zero-order chi connectivity index (χ0) is 35.7. The van der Waals surface area contributed by atoms with E-state index in [2.05, 4.69) is 51.7 Å². The molecule has 1 atom stereocenters. The normalized spacial score (nSPS) is 16.1. The lowest BCUT2D eigenvalue weighted by Gasteiger charge is -2.20. The van der Waals surface area contributed by atoms with Gasteiger partial charge in [0.2, 0.25) is 5.89 Å². The van der Waals surface area contributed by atoms with E-state index in [0.29, 0.717) is 67.5 Å². The average molecular weight is 682 g/mol. The number of carboxylic acids is 1. The minimum Gasteiger partial charge on any atom is -0.481 e. The molecule has 1 aliphatic heterocycles. The molecule has 3 aromatic heterocycles. The van der Waals surface area contributed by atoms with E-state index < -0.39 is 11.4 Å². The highest BCUT2D eigenvalue weighted by atomic mass is 16.4. The van der Waals surface area contributed by atoms with Crippen molar-refractivity contribution in [3.63, 3.8) is 0 Å². The van der Waals surface area contributed by atoms with E-state index in [9.17, 15) is 15.2 Å². The number of pyridine rings is 2. The van der Waals surface area contributed by atoms with Gasteiger partial charge in [0.25, 0.3) is 0 Å². The molecule has 1 saturated heterocycles. The van der Waals surface area contributed by atoms with E-state index in [1.165, 1.54) is 0 Å². The van der Waals surface area contributed by atoms with Crippen molar-refractivity contribution in [3.05, 3.63) is 101 Å². The molecule has 0 bridgehead atoms. The molecule has 51 heavy (non-hydrogen) atoms. The van der Waals surface area contributed by atoms with Crippen molar-refractivity contribution in [2.75, 3.05) is 31.6 Å². The van der Waals surface area contributed by atoms with Gasteiger partial charge in [0, 0.05) is 55.2 Å². The number of rotatable bonds is 11. The van der Waals surface area contributed by atoms with Crippen molar-refractivity contribution >= 4 is 39.5 Å². The number of carboxylic acid groups (broad SMARTS) is 1. The van der Waals surface area contributed by atoms with Crippen LogP contribution in [0.15, 0.2) is 77.5 Å². The lowest BCUT2D eigenvalue weighted by atomic mass is 9.90. The predicted octanol–water partition coefficient (Wildman–Crippen LogP) is 6.72. The minimum absolute atomic E-state index is 0.0839. The summed E-state index contributed by atoms with van der Waals surface area (Å²) in [5.74, 6) is 0.308. The highest BCUT2D eigenvalue weighted by Crippen LogP contribution is 2.38. The highest BCUT2D eigenvalue weighted by molar-refractivity contribution is 5.91. The lowest BCUT2D eigenvalue weighted by molar-refractivity contribution is -0.147. The molecule has 0 radical (unpaired) electrons. The van der Waals surface area contributed by atoms with Crippen molar-refractivity contribution in [1.29, 1.82) is 5.26 Å². The molecule has 11 heteroatoms. The maximum Gasteiger partial charge on any atom is 0.310 e. The molecule has 3 aromatic carbocycles. The summed E-state index contributed by atoms with van der Waals surface area (Å²) in [4.78, 5) is 28.1. The summed E-state index contributed by atoms with van der Waals surface area (Å²) in [6.45, 7) is 8.79.